The monoisotopic (exact) mass is 564 g/mol. The van der Waals surface area contributed by atoms with Gasteiger partial charge in [-0.25, -0.2) is 4.79 Å². The minimum absolute atomic E-state index is 0.118. The number of aromatic hydroxyl groups is 2. The molecule has 4 heterocycles. The second-order valence-corrected chi connectivity index (χ2v) is 9.69. The van der Waals surface area contributed by atoms with Crippen LogP contribution in [-0.4, -0.2) is 57.9 Å². The summed E-state index contributed by atoms with van der Waals surface area (Å²) in [6.45, 7) is 5.20. The lowest BCUT2D eigenvalue weighted by Crippen LogP contribution is -2.28. The van der Waals surface area contributed by atoms with E-state index in [9.17, 15) is 15.0 Å². The van der Waals surface area contributed by atoms with Crippen LogP contribution in [0.1, 0.15) is 35.0 Å². The van der Waals surface area contributed by atoms with Gasteiger partial charge in [-0.15, -0.1) is 0 Å². The molecule has 4 aromatic rings. The molecule has 0 atom stereocenters. The van der Waals surface area contributed by atoms with Gasteiger partial charge in [0.1, 0.15) is 28.8 Å². The number of carbonyl (C=O) groups is 1. The summed E-state index contributed by atoms with van der Waals surface area (Å²) in [5, 5.41) is 27.2. The third kappa shape index (κ3) is 8.18. The van der Waals surface area contributed by atoms with Crippen molar-refractivity contribution in [2.45, 2.75) is 26.2 Å². The SMILES string of the molecule is CCN1CCCc2cc(N)c(O)cc21.CN1CCc2cc(N)c(O)cc21.Nc1ccc(C(=O)O)[nH]1.Nc1ccc[nH]1. The number of anilines is 6. The molecule has 12 nitrogen and oxygen atoms in total. The lowest BCUT2D eigenvalue weighted by atomic mass is 10.0. The van der Waals surface area contributed by atoms with E-state index in [1.54, 1.807) is 24.4 Å². The summed E-state index contributed by atoms with van der Waals surface area (Å²) in [5.41, 5.74) is 27.5. The Labute approximate surface area is 239 Å². The van der Waals surface area contributed by atoms with Crippen molar-refractivity contribution in [3.8, 4) is 11.5 Å². The van der Waals surface area contributed by atoms with Crippen molar-refractivity contribution in [1.82, 2.24) is 9.97 Å². The van der Waals surface area contributed by atoms with E-state index in [0.29, 0.717) is 17.2 Å². The number of nitrogens with zero attached hydrogens (tertiary/aromatic N) is 2. The zero-order chi connectivity index (χ0) is 30.1. The largest absolute Gasteiger partial charge is 0.506 e. The maximum absolute atomic E-state index is 10.1. The quantitative estimate of drug-likeness (QED) is 0.127. The van der Waals surface area contributed by atoms with E-state index in [0.717, 1.165) is 49.7 Å². The van der Waals surface area contributed by atoms with Crippen LogP contribution in [0.5, 0.6) is 11.5 Å². The Morgan fingerprint density at radius 3 is 1.98 bits per heavy atom. The third-order valence-corrected chi connectivity index (χ3v) is 6.74. The molecule has 0 amide bonds. The maximum atomic E-state index is 10.1. The minimum Gasteiger partial charge on any atom is -0.506 e. The summed E-state index contributed by atoms with van der Waals surface area (Å²) in [6, 6.07) is 13.8. The number of nitrogens with two attached hydrogens (primary N) is 4. The molecule has 2 aromatic heterocycles. The molecule has 13 N–H and O–H groups in total. The molecule has 6 rings (SSSR count). The molecule has 0 bridgehead atoms. The highest BCUT2D eigenvalue weighted by Gasteiger charge is 2.18. The summed E-state index contributed by atoms with van der Waals surface area (Å²) in [4.78, 5) is 19.8. The van der Waals surface area contributed by atoms with E-state index in [1.165, 1.54) is 29.7 Å². The number of phenols is 2. The maximum Gasteiger partial charge on any atom is 0.352 e. The fourth-order valence-corrected chi connectivity index (χ4v) is 4.53. The second kappa shape index (κ2) is 13.8. The number of H-pyrrole nitrogens is 2. The van der Waals surface area contributed by atoms with Crippen LogP contribution < -0.4 is 32.7 Å². The van der Waals surface area contributed by atoms with Crippen molar-refractivity contribution in [2.75, 3.05) is 59.4 Å². The van der Waals surface area contributed by atoms with E-state index in [4.69, 9.17) is 28.0 Å². The van der Waals surface area contributed by atoms with Crippen LogP contribution >= 0.6 is 0 Å². The van der Waals surface area contributed by atoms with Gasteiger partial charge in [0.05, 0.1) is 11.4 Å². The summed E-state index contributed by atoms with van der Waals surface area (Å²) >= 11 is 0. The number of benzene rings is 2. The van der Waals surface area contributed by atoms with Gasteiger partial charge in [-0.2, -0.15) is 0 Å². The second-order valence-electron chi connectivity index (χ2n) is 9.69. The van der Waals surface area contributed by atoms with Crippen LogP contribution in [0, 0.1) is 0 Å². The summed E-state index contributed by atoms with van der Waals surface area (Å²) in [5.74, 6) is 0.473. The van der Waals surface area contributed by atoms with E-state index >= 15 is 0 Å². The fourth-order valence-electron chi connectivity index (χ4n) is 4.53. The van der Waals surface area contributed by atoms with Crippen LogP contribution in [-0.2, 0) is 12.8 Å². The number of carboxylic acids is 1. The molecule has 0 radical (unpaired) electrons. The molecule has 0 aliphatic carbocycles. The number of fused-ring (bicyclic) bond motifs is 2. The standard InChI is InChI=1S/C11H16N2O.C9H12N2O.C5H6N2O2.C4H6N2/c1-2-13-5-3-4-8-6-9(12)11(14)7-10(8)13;1-11-3-2-6-4-7(10)9(12)5-8(6)11;6-4-2-1-3(7-4)5(8)9;5-4-2-1-3-6-4/h6-7,14H,2-5,12H2,1H3;4-5,12H,2-3,10H2,1H3;1-2,7H,6H2,(H,8,9);1-3,6H,5H2. The van der Waals surface area contributed by atoms with Crippen LogP contribution in [0.15, 0.2) is 54.7 Å². The molecular weight excluding hydrogens is 524 g/mol. The zero-order valence-electron chi connectivity index (χ0n) is 23.4. The Balaban J connectivity index is 0.000000157. The molecule has 12 heteroatoms. The zero-order valence-corrected chi connectivity index (χ0v) is 23.4. The fraction of sp³-hybridized carbons (Fsp3) is 0.276. The van der Waals surface area contributed by atoms with Crippen molar-refractivity contribution in [1.29, 1.82) is 0 Å². The molecule has 2 aliphatic rings. The number of phenolic OH excluding ortho intramolecular Hbond substituents is 2. The number of rotatable bonds is 2. The van der Waals surface area contributed by atoms with Crippen molar-refractivity contribution >= 4 is 40.4 Å². The van der Waals surface area contributed by atoms with Gasteiger partial charge in [0.25, 0.3) is 0 Å². The lowest BCUT2D eigenvalue weighted by Gasteiger charge is -2.30. The molecule has 0 saturated carbocycles. The Hall–Kier alpha value is -5.13. The molecular formula is C29H40N8O4. The molecule has 2 aliphatic heterocycles. The lowest BCUT2D eigenvalue weighted by molar-refractivity contribution is 0.0691. The number of likely N-dealkylation sites (N-methyl/N-ethyl adjacent to an activating group) is 1. The number of aryl methyl sites for hydroxylation is 1. The van der Waals surface area contributed by atoms with E-state index < -0.39 is 5.97 Å². The highest BCUT2D eigenvalue weighted by molar-refractivity contribution is 5.86. The summed E-state index contributed by atoms with van der Waals surface area (Å²) in [6.07, 6.45) is 5.05. The van der Waals surface area contributed by atoms with Gasteiger partial charge in [0, 0.05) is 56.4 Å². The van der Waals surface area contributed by atoms with Crippen LogP contribution in [0.25, 0.3) is 0 Å². The van der Waals surface area contributed by atoms with Crippen molar-refractivity contribution in [3.63, 3.8) is 0 Å². The highest BCUT2D eigenvalue weighted by atomic mass is 16.4. The predicted octanol–water partition coefficient (Wildman–Crippen LogP) is 3.61. The van der Waals surface area contributed by atoms with Crippen molar-refractivity contribution < 1.29 is 20.1 Å². The average molecular weight is 565 g/mol. The van der Waals surface area contributed by atoms with Crippen molar-refractivity contribution in [2.24, 2.45) is 0 Å². The Morgan fingerprint density at radius 2 is 1.51 bits per heavy atom. The van der Waals surface area contributed by atoms with Gasteiger partial charge < -0.3 is 58.0 Å². The Morgan fingerprint density at radius 1 is 0.878 bits per heavy atom. The van der Waals surface area contributed by atoms with Crippen LogP contribution in [0.3, 0.4) is 0 Å². The third-order valence-electron chi connectivity index (χ3n) is 6.74. The summed E-state index contributed by atoms with van der Waals surface area (Å²) < 4.78 is 0. The minimum atomic E-state index is -0.994. The molecule has 220 valence electrons. The van der Waals surface area contributed by atoms with Crippen molar-refractivity contribution in [3.05, 3.63) is 71.5 Å². The number of aromatic nitrogens is 2. The van der Waals surface area contributed by atoms with Gasteiger partial charge in [-0.3, -0.25) is 0 Å². The first-order valence-corrected chi connectivity index (χ1v) is 13.3. The predicted molar refractivity (Wildman–Crippen MR) is 166 cm³/mol. The Bertz CT molecular complexity index is 1440. The molecule has 2 aromatic carbocycles. The molecule has 0 unspecified atom stereocenters. The Kier molecular flexibility index (Phi) is 10.2. The van der Waals surface area contributed by atoms with Gasteiger partial charge in [-0.1, -0.05) is 0 Å². The van der Waals surface area contributed by atoms with Gasteiger partial charge in [-0.05, 0) is 73.7 Å². The van der Waals surface area contributed by atoms with E-state index in [1.807, 2.05) is 25.2 Å². The topological polar surface area (TPSA) is 220 Å². The number of hydrogen-bond donors (Lipinski definition) is 9. The first-order chi connectivity index (χ1) is 19.5. The number of hydrogen-bond acceptors (Lipinski definition) is 9. The number of carboxylic acid groups (broad SMARTS) is 1. The number of nitrogens with one attached hydrogen (secondary N) is 2. The smallest absolute Gasteiger partial charge is 0.352 e. The molecule has 0 saturated heterocycles. The molecule has 41 heavy (non-hydrogen) atoms. The number of aromatic amines is 2. The first-order valence-electron chi connectivity index (χ1n) is 13.3. The number of nitrogen functional groups attached to an aromatic ring is 4. The van der Waals surface area contributed by atoms with Gasteiger partial charge in [0.15, 0.2) is 0 Å². The highest BCUT2D eigenvalue weighted by Crippen LogP contribution is 2.35. The van der Waals surface area contributed by atoms with Crippen LogP contribution in [0.2, 0.25) is 0 Å². The summed E-state index contributed by atoms with van der Waals surface area (Å²) in [7, 11) is 2.02. The average Bonchev–Trinajstić information content (AvgIpc) is 3.68. The van der Waals surface area contributed by atoms with E-state index in [2.05, 4.69) is 26.7 Å². The molecule has 0 fully saturated rings. The first kappa shape index (κ1) is 30.4. The van der Waals surface area contributed by atoms with E-state index in [-0.39, 0.29) is 17.2 Å². The molecule has 0 spiro atoms. The number of aromatic carboxylic acids is 1. The van der Waals surface area contributed by atoms with Gasteiger partial charge >= 0.3 is 5.97 Å². The van der Waals surface area contributed by atoms with Crippen LogP contribution in [0.4, 0.5) is 34.4 Å². The van der Waals surface area contributed by atoms with Gasteiger partial charge in [0.2, 0.25) is 0 Å². The normalized spacial score (nSPS) is 12.9.